The van der Waals surface area contributed by atoms with E-state index in [1.54, 1.807) is 0 Å². The first-order valence-electron chi connectivity index (χ1n) is 5.84. The largest absolute Gasteiger partial charge is 0.469 e. The first-order valence-corrected chi connectivity index (χ1v) is 5.84. The average molecular weight is 220 g/mol. The number of aryl methyl sites for hydroxylation is 1. The summed E-state index contributed by atoms with van der Waals surface area (Å²) >= 11 is 0. The van der Waals surface area contributed by atoms with Crippen LogP contribution < -0.4 is 0 Å². The van der Waals surface area contributed by atoms with E-state index in [0.717, 1.165) is 30.4 Å². The Kier molecular flexibility index (Phi) is 5.03. The summed E-state index contributed by atoms with van der Waals surface area (Å²) in [5.41, 5.74) is 2.26. The second kappa shape index (κ2) is 6.31. The molecular formula is C14H20O2. The molecule has 0 amide bonds. The topological polar surface area (TPSA) is 26.3 Å². The van der Waals surface area contributed by atoms with Crippen molar-refractivity contribution in [3.63, 3.8) is 0 Å². The molecule has 0 heterocycles. The molecule has 0 saturated carbocycles. The zero-order chi connectivity index (χ0) is 12.0. The van der Waals surface area contributed by atoms with Crippen LogP contribution in [-0.2, 0) is 9.53 Å². The van der Waals surface area contributed by atoms with Gasteiger partial charge in [0.25, 0.3) is 0 Å². The molecule has 0 bridgehead atoms. The lowest BCUT2D eigenvalue weighted by atomic mass is 9.90. The van der Waals surface area contributed by atoms with Crippen molar-refractivity contribution in [3.05, 3.63) is 35.4 Å². The number of unbranched alkanes of at least 4 members (excludes halogenated alkanes) is 1. The van der Waals surface area contributed by atoms with Crippen molar-refractivity contribution < 1.29 is 9.53 Å². The average Bonchev–Trinajstić information content (AvgIpc) is 2.31. The molecule has 0 fully saturated rings. The van der Waals surface area contributed by atoms with Crippen LogP contribution in [0.25, 0.3) is 0 Å². The summed E-state index contributed by atoms with van der Waals surface area (Å²) in [5, 5.41) is 0. The molecule has 1 aromatic rings. The Bertz CT molecular complexity index is 344. The van der Waals surface area contributed by atoms with Crippen molar-refractivity contribution in [3.8, 4) is 0 Å². The highest BCUT2D eigenvalue weighted by Gasteiger charge is 2.21. The van der Waals surface area contributed by atoms with Crippen molar-refractivity contribution in [2.45, 2.75) is 39.0 Å². The normalized spacial score (nSPS) is 12.2. The maximum atomic E-state index is 11.7. The Hall–Kier alpha value is -1.31. The predicted molar refractivity (Wildman–Crippen MR) is 65.5 cm³/mol. The molecule has 0 spiro atoms. The fraction of sp³-hybridized carbons (Fsp3) is 0.500. The monoisotopic (exact) mass is 220 g/mol. The number of ether oxygens (including phenoxy) is 1. The molecule has 0 saturated heterocycles. The molecule has 1 aromatic carbocycles. The van der Waals surface area contributed by atoms with Gasteiger partial charge in [0.2, 0.25) is 0 Å². The van der Waals surface area contributed by atoms with Gasteiger partial charge in [-0.3, -0.25) is 4.79 Å². The molecule has 88 valence electrons. The third-order valence-electron chi connectivity index (χ3n) is 2.90. The Morgan fingerprint density at radius 1 is 1.38 bits per heavy atom. The van der Waals surface area contributed by atoms with E-state index in [0.29, 0.717) is 0 Å². The molecule has 0 aliphatic heterocycles. The lowest BCUT2D eigenvalue weighted by Crippen LogP contribution is -2.15. The Morgan fingerprint density at radius 2 is 2.06 bits per heavy atom. The summed E-state index contributed by atoms with van der Waals surface area (Å²) in [5.74, 6) is -0.228. The summed E-state index contributed by atoms with van der Waals surface area (Å²) in [7, 11) is 1.46. The molecule has 2 heteroatoms. The zero-order valence-corrected chi connectivity index (χ0v) is 10.3. The lowest BCUT2D eigenvalue weighted by Gasteiger charge is -2.16. The standard InChI is InChI=1S/C14H20O2/c1-4-5-9-13(14(15)16-3)12-10-7-6-8-11(12)2/h6-8,10,13H,4-5,9H2,1-3H3. The molecule has 2 nitrogen and oxygen atoms in total. The van der Waals surface area contributed by atoms with Gasteiger partial charge >= 0.3 is 5.97 Å². The first kappa shape index (κ1) is 12.8. The second-order valence-electron chi connectivity index (χ2n) is 4.07. The van der Waals surface area contributed by atoms with E-state index in [1.165, 1.54) is 7.11 Å². The number of carbonyl (C=O) groups excluding carboxylic acids is 1. The summed E-state index contributed by atoms with van der Waals surface area (Å²) in [4.78, 5) is 11.7. The Balaban J connectivity index is 2.92. The van der Waals surface area contributed by atoms with Gasteiger partial charge in [0.05, 0.1) is 13.0 Å². The van der Waals surface area contributed by atoms with E-state index in [4.69, 9.17) is 4.74 Å². The van der Waals surface area contributed by atoms with Crippen LogP contribution in [0, 0.1) is 6.92 Å². The zero-order valence-electron chi connectivity index (χ0n) is 10.3. The van der Waals surface area contributed by atoms with Crippen LogP contribution in [0.4, 0.5) is 0 Å². The van der Waals surface area contributed by atoms with Crippen LogP contribution in [-0.4, -0.2) is 13.1 Å². The molecule has 0 aromatic heterocycles. The maximum absolute atomic E-state index is 11.7. The number of rotatable bonds is 5. The van der Waals surface area contributed by atoms with E-state index in [1.807, 2.05) is 31.2 Å². The maximum Gasteiger partial charge on any atom is 0.313 e. The van der Waals surface area contributed by atoms with Gasteiger partial charge in [-0.15, -0.1) is 0 Å². The van der Waals surface area contributed by atoms with E-state index in [9.17, 15) is 4.79 Å². The van der Waals surface area contributed by atoms with Gasteiger partial charge in [-0.1, -0.05) is 44.0 Å². The van der Waals surface area contributed by atoms with Crippen molar-refractivity contribution in [2.24, 2.45) is 0 Å². The molecule has 0 radical (unpaired) electrons. The van der Waals surface area contributed by atoms with Gasteiger partial charge in [0.15, 0.2) is 0 Å². The number of hydrogen-bond acceptors (Lipinski definition) is 2. The highest BCUT2D eigenvalue weighted by atomic mass is 16.5. The number of carbonyl (C=O) groups is 1. The van der Waals surface area contributed by atoms with Gasteiger partial charge in [-0.25, -0.2) is 0 Å². The van der Waals surface area contributed by atoms with E-state index >= 15 is 0 Å². The fourth-order valence-corrected chi connectivity index (χ4v) is 1.93. The fourth-order valence-electron chi connectivity index (χ4n) is 1.93. The van der Waals surface area contributed by atoms with Crippen LogP contribution in [0.1, 0.15) is 43.2 Å². The predicted octanol–water partition coefficient (Wildman–Crippen LogP) is 3.44. The smallest absolute Gasteiger partial charge is 0.313 e. The highest BCUT2D eigenvalue weighted by molar-refractivity contribution is 5.78. The van der Waals surface area contributed by atoms with Crippen LogP contribution in [0.3, 0.4) is 0 Å². The molecule has 0 aliphatic carbocycles. The highest BCUT2D eigenvalue weighted by Crippen LogP contribution is 2.26. The summed E-state index contributed by atoms with van der Waals surface area (Å²) in [6, 6.07) is 8.03. The van der Waals surface area contributed by atoms with Crippen molar-refractivity contribution in [1.29, 1.82) is 0 Å². The van der Waals surface area contributed by atoms with Gasteiger partial charge < -0.3 is 4.74 Å². The summed E-state index contributed by atoms with van der Waals surface area (Å²) in [6.07, 6.45) is 3.02. The SMILES string of the molecule is CCCCC(C(=O)OC)c1ccccc1C. The van der Waals surface area contributed by atoms with Gasteiger partial charge in [0, 0.05) is 0 Å². The van der Waals surface area contributed by atoms with Crippen LogP contribution in [0.15, 0.2) is 24.3 Å². The first-order chi connectivity index (χ1) is 7.70. The Morgan fingerprint density at radius 3 is 2.62 bits per heavy atom. The van der Waals surface area contributed by atoms with Crippen LogP contribution in [0.5, 0.6) is 0 Å². The number of methoxy groups -OCH3 is 1. The van der Waals surface area contributed by atoms with Crippen molar-refractivity contribution >= 4 is 5.97 Å². The molecule has 16 heavy (non-hydrogen) atoms. The third kappa shape index (κ3) is 3.09. The molecule has 1 atom stereocenters. The minimum absolute atomic E-state index is 0.105. The molecule has 0 N–H and O–H groups in total. The summed E-state index contributed by atoms with van der Waals surface area (Å²) in [6.45, 7) is 4.17. The lowest BCUT2D eigenvalue weighted by molar-refractivity contribution is -0.142. The van der Waals surface area contributed by atoms with Crippen LogP contribution in [0.2, 0.25) is 0 Å². The van der Waals surface area contributed by atoms with Crippen molar-refractivity contribution in [1.82, 2.24) is 0 Å². The Labute approximate surface area is 97.6 Å². The number of esters is 1. The van der Waals surface area contributed by atoms with Crippen molar-refractivity contribution in [2.75, 3.05) is 7.11 Å². The molecule has 1 rings (SSSR count). The van der Waals surface area contributed by atoms with E-state index in [2.05, 4.69) is 6.92 Å². The third-order valence-corrected chi connectivity index (χ3v) is 2.90. The van der Waals surface area contributed by atoms with Gasteiger partial charge in [0.1, 0.15) is 0 Å². The van der Waals surface area contributed by atoms with Gasteiger partial charge in [-0.05, 0) is 24.5 Å². The minimum atomic E-state index is -0.122. The molecule has 0 aliphatic rings. The van der Waals surface area contributed by atoms with Crippen LogP contribution >= 0.6 is 0 Å². The second-order valence-corrected chi connectivity index (χ2v) is 4.07. The number of benzene rings is 1. The van der Waals surface area contributed by atoms with E-state index in [-0.39, 0.29) is 11.9 Å². The van der Waals surface area contributed by atoms with Gasteiger partial charge in [-0.2, -0.15) is 0 Å². The molecule has 1 unspecified atom stereocenters. The quantitative estimate of drug-likeness (QED) is 0.710. The molecular weight excluding hydrogens is 200 g/mol. The van der Waals surface area contributed by atoms with E-state index < -0.39 is 0 Å². The minimum Gasteiger partial charge on any atom is -0.469 e. The number of hydrogen-bond donors (Lipinski definition) is 0. The summed E-state index contributed by atoms with van der Waals surface area (Å²) < 4.78 is 4.88.